The highest BCUT2D eigenvalue weighted by Gasteiger charge is 2.16. The van der Waals surface area contributed by atoms with Gasteiger partial charge in [-0.15, -0.1) is 0 Å². The van der Waals surface area contributed by atoms with Crippen LogP contribution >= 0.6 is 0 Å². The number of hydrogen-bond donors (Lipinski definition) is 1. The summed E-state index contributed by atoms with van der Waals surface area (Å²) in [6.07, 6.45) is 2.98. The summed E-state index contributed by atoms with van der Waals surface area (Å²) in [4.78, 5) is 3.95. The highest BCUT2D eigenvalue weighted by atomic mass is 32.2. The lowest BCUT2D eigenvalue weighted by molar-refractivity contribution is 0.599. The zero-order valence-corrected chi connectivity index (χ0v) is 10.9. The van der Waals surface area contributed by atoms with Crippen LogP contribution in [0.2, 0.25) is 0 Å². The summed E-state index contributed by atoms with van der Waals surface area (Å²) in [5.74, 6) is -0.497. The maximum absolute atomic E-state index is 12.8. The molecule has 1 N–H and O–H groups in total. The number of sulfonamides is 1. The van der Waals surface area contributed by atoms with Crippen LogP contribution < -0.4 is 4.72 Å². The first kappa shape index (κ1) is 12.5. The molecular weight excluding hydrogens is 283 g/mol. The molecule has 0 bridgehead atoms. The summed E-state index contributed by atoms with van der Waals surface area (Å²) in [6.45, 7) is 0. The van der Waals surface area contributed by atoms with E-state index in [9.17, 15) is 12.8 Å². The van der Waals surface area contributed by atoms with Crippen molar-refractivity contribution in [2.24, 2.45) is 0 Å². The second-order valence-corrected chi connectivity index (χ2v) is 5.69. The molecule has 2 aromatic heterocycles. The third-order valence-electron chi connectivity index (χ3n) is 2.67. The average molecular weight is 292 g/mol. The maximum Gasteiger partial charge on any atom is 0.262 e. The molecule has 0 amide bonds. The number of fused-ring (bicyclic) bond motifs is 1. The maximum atomic E-state index is 12.8. The topological polar surface area (TPSA) is 76.4 Å². The van der Waals surface area contributed by atoms with E-state index in [0.717, 1.165) is 12.1 Å². The van der Waals surface area contributed by atoms with Crippen LogP contribution in [0.4, 0.5) is 10.1 Å². The highest BCUT2D eigenvalue weighted by Crippen LogP contribution is 2.19. The second kappa shape index (κ2) is 4.57. The summed E-state index contributed by atoms with van der Waals surface area (Å²) in [6, 6.07) is 7.79. The van der Waals surface area contributed by atoms with Crippen molar-refractivity contribution in [3.05, 3.63) is 54.7 Å². The Morgan fingerprint density at radius 2 is 1.90 bits per heavy atom. The predicted octanol–water partition coefficient (Wildman–Crippen LogP) is 1.67. The number of benzene rings is 1. The minimum absolute atomic E-state index is 0.0274. The van der Waals surface area contributed by atoms with Gasteiger partial charge in [0.25, 0.3) is 10.0 Å². The summed E-state index contributed by atoms with van der Waals surface area (Å²) in [5, 5.41) is 3.91. The molecule has 0 aliphatic carbocycles. The molecule has 6 nitrogen and oxygen atoms in total. The van der Waals surface area contributed by atoms with Crippen molar-refractivity contribution >= 4 is 21.4 Å². The number of nitrogens with zero attached hydrogens (tertiary/aromatic N) is 3. The van der Waals surface area contributed by atoms with Crippen LogP contribution in [-0.2, 0) is 10.0 Å². The highest BCUT2D eigenvalue weighted by molar-refractivity contribution is 7.92. The summed E-state index contributed by atoms with van der Waals surface area (Å²) in [7, 11) is -3.80. The quantitative estimate of drug-likeness (QED) is 0.796. The Labute approximate surface area is 113 Å². The van der Waals surface area contributed by atoms with Gasteiger partial charge in [0.2, 0.25) is 0 Å². The molecule has 0 saturated carbocycles. The molecule has 0 fully saturated rings. The summed E-state index contributed by atoms with van der Waals surface area (Å²) < 4.78 is 41.1. The number of anilines is 1. The standard InChI is InChI=1S/C12H9FN4O2S/c13-9-3-5-10(6-4-9)20(18,19)16-11-2-1-7-17-12(11)14-8-15-17/h1-8,16H. The molecule has 0 atom stereocenters. The number of pyridine rings is 1. The van der Waals surface area contributed by atoms with Gasteiger partial charge in [-0.1, -0.05) is 0 Å². The van der Waals surface area contributed by atoms with Crippen molar-refractivity contribution in [2.45, 2.75) is 4.90 Å². The lowest BCUT2D eigenvalue weighted by atomic mass is 10.4. The van der Waals surface area contributed by atoms with Crippen molar-refractivity contribution in [3.8, 4) is 0 Å². The first-order chi connectivity index (χ1) is 9.56. The van der Waals surface area contributed by atoms with Gasteiger partial charge in [0, 0.05) is 6.20 Å². The molecule has 0 saturated heterocycles. The van der Waals surface area contributed by atoms with Crippen molar-refractivity contribution in [1.82, 2.24) is 14.6 Å². The van der Waals surface area contributed by atoms with Gasteiger partial charge in [-0.25, -0.2) is 22.3 Å². The predicted molar refractivity (Wildman–Crippen MR) is 70.2 cm³/mol. The van der Waals surface area contributed by atoms with Gasteiger partial charge in [0.05, 0.1) is 10.6 Å². The Morgan fingerprint density at radius 1 is 1.15 bits per heavy atom. The molecule has 3 rings (SSSR count). The van der Waals surface area contributed by atoms with Crippen molar-refractivity contribution in [3.63, 3.8) is 0 Å². The van der Waals surface area contributed by atoms with Gasteiger partial charge in [-0.05, 0) is 36.4 Å². The molecule has 2 heterocycles. The first-order valence-electron chi connectivity index (χ1n) is 5.63. The van der Waals surface area contributed by atoms with E-state index >= 15 is 0 Å². The van der Waals surface area contributed by atoms with Crippen LogP contribution in [0.3, 0.4) is 0 Å². The van der Waals surface area contributed by atoms with Crippen LogP contribution in [0.15, 0.2) is 53.8 Å². The number of hydrogen-bond acceptors (Lipinski definition) is 4. The monoisotopic (exact) mass is 292 g/mol. The summed E-state index contributed by atoms with van der Waals surface area (Å²) in [5.41, 5.74) is 0.688. The zero-order chi connectivity index (χ0) is 14.2. The Balaban J connectivity index is 2.01. The van der Waals surface area contributed by atoms with Crippen molar-refractivity contribution < 1.29 is 12.8 Å². The van der Waals surface area contributed by atoms with Crippen molar-refractivity contribution in [1.29, 1.82) is 0 Å². The fourth-order valence-corrected chi connectivity index (χ4v) is 2.81. The Bertz CT molecular complexity index is 859. The Hall–Kier alpha value is -2.48. The fourth-order valence-electron chi connectivity index (χ4n) is 1.74. The lowest BCUT2D eigenvalue weighted by Gasteiger charge is -2.08. The van der Waals surface area contributed by atoms with Crippen LogP contribution in [0.5, 0.6) is 0 Å². The van der Waals surface area contributed by atoms with Crippen LogP contribution in [-0.4, -0.2) is 23.0 Å². The lowest BCUT2D eigenvalue weighted by Crippen LogP contribution is -2.13. The molecule has 0 spiro atoms. The largest absolute Gasteiger partial charge is 0.276 e. The molecule has 0 aliphatic rings. The molecule has 1 aromatic carbocycles. The minimum atomic E-state index is -3.80. The smallest absolute Gasteiger partial charge is 0.262 e. The van der Waals surface area contributed by atoms with E-state index in [1.165, 1.54) is 23.0 Å². The van der Waals surface area contributed by atoms with E-state index in [1.807, 2.05) is 0 Å². The van der Waals surface area contributed by atoms with Crippen LogP contribution in [0, 0.1) is 5.82 Å². The van der Waals surface area contributed by atoms with Crippen LogP contribution in [0.1, 0.15) is 0 Å². The Kier molecular flexibility index (Phi) is 2.87. The molecule has 20 heavy (non-hydrogen) atoms. The average Bonchev–Trinajstić information content (AvgIpc) is 2.88. The third kappa shape index (κ3) is 2.21. The van der Waals surface area contributed by atoms with Crippen LogP contribution in [0.25, 0.3) is 5.65 Å². The van der Waals surface area contributed by atoms with E-state index < -0.39 is 15.8 Å². The Morgan fingerprint density at radius 3 is 2.65 bits per heavy atom. The van der Waals surface area contributed by atoms with Gasteiger partial charge in [-0.2, -0.15) is 5.10 Å². The van der Waals surface area contributed by atoms with E-state index in [2.05, 4.69) is 14.8 Å². The first-order valence-corrected chi connectivity index (χ1v) is 7.11. The van der Waals surface area contributed by atoms with Gasteiger partial charge in [0.15, 0.2) is 5.65 Å². The van der Waals surface area contributed by atoms with Gasteiger partial charge >= 0.3 is 0 Å². The third-order valence-corrected chi connectivity index (χ3v) is 4.05. The molecule has 0 aliphatic heterocycles. The van der Waals surface area contributed by atoms with Gasteiger partial charge < -0.3 is 0 Å². The molecule has 8 heteroatoms. The molecule has 0 radical (unpaired) electrons. The fraction of sp³-hybridized carbons (Fsp3) is 0. The van der Waals surface area contributed by atoms with E-state index in [0.29, 0.717) is 11.3 Å². The van der Waals surface area contributed by atoms with E-state index in [-0.39, 0.29) is 4.90 Å². The second-order valence-electron chi connectivity index (χ2n) is 4.01. The van der Waals surface area contributed by atoms with Gasteiger partial charge in [-0.3, -0.25) is 4.72 Å². The van der Waals surface area contributed by atoms with Crippen molar-refractivity contribution in [2.75, 3.05) is 4.72 Å². The SMILES string of the molecule is O=S(=O)(Nc1cccn2ncnc12)c1ccc(F)cc1. The number of nitrogens with one attached hydrogen (secondary N) is 1. The zero-order valence-electron chi connectivity index (χ0n) is 10.1. The van der Waals surface area contributed by atoms with Gasteiger partial charge in [0.1, 0.15) is 12.1 Å². The van der Waals surface area contributed by atoms with E-state index in [1.54, 1.807) is 18.3 Å². The molecular formula is C12H9FN4O2S. The summed E-state index contributed by atoms with van der Waals surface area (Å²) >= 11 is 0. The van der Waals surface area contributed by atoms with E-state index in [4.69, 9.17) is 0 Å². The minimum Gasteiger partial charge on any atom is -0.276 e. The number of aromatic nitrogens is 3. The normalized spacial score (nSPS) is 11.7. The number of halogens is 1. The molecule has 102 valence electrons. The molecule has 0 unspecified atom stereocenters. The molecule has 3 aromatic rings. The number of rotatable bonds is 3.